The lowest BCUT2D eigenvalue weighted by Crippen LogP contribution is -2.49. The van der Waals surface area contributed by atoms with Crippen LogP contribution in [0.5, 0.6) is 0 Å². The fourth-order valence-corrected chi connectivity index (χ4v) is 2.46. The van der Waals surface area contributed by atoms with Crippen molar-refractivity contribution in [2.45, 2.75) is 25.5 Å². The van der Waals surface area contributed by atoms with Crippen LogP contribution in [0.15, 0.2) is 0 Å². The highest BCUT2D eigenvalue weighted by Crippen LogP contribution is 2.11. The molecule has 0 bridgehead atoms. The van der Waals surface area contributed by atoms with Crippen molar-refractivity contribution in [1.29, 1.82) is 0 Å². The summed E-state index contributed by atoms with van der Waals surface area (Å²) >= 11 is 1.67. The molecule has 0 saturated carbocycles. The first-order valence-electron chi connectivity index (χ1n) is 6.32. The summed E-state index contributed by atoms with van der Waals surface area (Å²) in [5, 5.41) is 9.09. The third-order valence-electron chi connectivity index (χ3n) is 2.91. The Morgan fingerprint density at radius 2 is 1.83 bits per heavy atom. The number of carbonyl (C=O) groups excluding carboxylic acids is 1. The molecule has 1 aliphatic rings. The van der Waals surface area contributed by atoms with Gasteiger partial charge in [0.15, 0.2) is 0 Å². The molecule has 0 aromatic carbocycles. The molecule has 1 fully saturated rings. The Labute approximate surface area is 113 Å². The summed E-state index contributed by atoms with van der Waals surface area (Å²) in [6, 6.07) is 0. The van der Waals surface area contributed by atoms with E-state index in [-0.39, 0.29) is 12.3 Å². The maximum Gasteiger partial charge on any atom is 0.304 e. The van der Waals surface area contributed by atoms with Crippen molar-refractivity contribution in [2.24, 2.45) is 0 Å². The number of aliphatic carboxylic acids is 1. The average Bonchev–Trinajstić information content (AvgIpc) is 2.34. The molecule has 6 heteroatoms. The maximum absolute atomic E-state index is 11.9. The minimum atomic E-state index is -0.762. The van der Waals surface area contributed by atoms with Crippen LogP contribution in [-0.4, -0.2) is 70.5 Å². The van der Waals surface area contributed by atoms with Crippen LogP contribution in [0.2, 0.25) is 0 Å². The Morgan fingerprint density at radius 1 is 1.22 bits per heavy atom. The van der Waals surface area contributed by atoms with E-state index in [2.05, 4.69) is 18.7 Å². The van der Waals surface area contributed by atoms with Gasteiger partial charge >= 0.3 is 5.97 Å². The van der Waals surface area contributed by atoms with Gasteiger partial charge in [0.25, 0.3) is 0 Å². The lowest BCUT2D eigenvalue weighted by Gasteiger charge is -2.34. The second-order valence-electron chi connectivity index (χ2n) is 4.73. The van der Waals surface area contributed by atoms with Crippen molar-refractivity contribution in [3.8, 4) is 0 Å². The van der Waals surface area contributed by atoms with Gasteiger partial charge in [0.05, 0.1) is 12.2 Å². The van der Waals surface area contributed by atoms with Gasteiger partial charge in [0, 0.05) is 32.7 Å². The highest BCUT2D eigenvalue weighted by molar-refractivity contribution is 8.00. The molecular weight excluding hydrogens is 252 g/mol. The lowest BCUT2D eigenvalue weighted by atomic mass is 10.3. The fraction of sp³-hybridized carbons (Fsp3) is 0.833. The molecule has 104 valence electrons. The summed E-state index contributed by atoms with van der Waals surface area (Å²) in [5.74, 6) is -0.0132. The summed E-state index contributed by atoms with van der Waals surface area (Å²) in [5.41, 5.74) is 0. The first kappa shape index (κ1) is 15.3. The molecule has 1 amide bonds. The summed E-state index contributed by atoms with van der Waals surface area (Å²) in [6.07, 6.45) is 0.178. The zero-order chi connectivity index (χ0) is 13.5. The van der Waals surface area contributed by atoms with Gasteiger partial charge in [0.2, 0.25) is 5.91 Å². The monoisotopic (exact) mass is 274 g/mol. The normalized spacial score (nSPS) is 17.2. The molecule has 5 nitrogen and oxygen atoms in total. The topological polar surface area (TPSA) is 60.9 Å². The van der Waals surface area contributed by atoms with Crippen LogP contribution in [0, 0.1) is 0 Å². The third kappa shape index (κ3) is 5.73. The Bertz CT molecular complexity index is 289. The van der Waals surface area contributed by atoms with Crippen molar-refractivity contribution in [2.75, 3.05) is 38.5 Å². The van der Waals surface area contributed by atoms with E-state index in [1.165, 1.54) is 0 Å². The number of amides is 1. The molecule has 1 N–H and O–H groups in total. The zero-order valence-electron chi connectivity index (χ0n) is 11.1. The fourth-order valence-electron chi connectivity index (χ4n) is 1.80. The molecule has 1 rings (SSSR count). The second-order valence-corrected chi connectivity index (χ2v) is 6.29. The Hall–Kier alpha value is -0.750. The second kappa shape index (κ2) is 7.63. The van der Waals surface area contributed by atoms with Crippen LogP contribution in [0.4, 0.5) is 0 Å². The quantitative estimate of drug-likeness (QED) is 0.774. The minimum Gasteiger partial charge on any atom is -0.481 e. The van der Waals surface area contributed by atoms with E-state index in [4.69, 9.17) is 5.11 Å². The molecule has 0 aliphatic carbocycles. The molecule has 0 atom stereocenters. The highest BCUT2D eigenvalue weighted by Gasteiger charge is 2.21. The molecule has 18 heavy (non-hydrogen) atoms. The molecule has 0 spiro atoms. The number of carbonyl (C=O) groups is 2. The Kier molecular flexibility index (Phi) is 6.49. The number of nitrogens with zero attached hydrogens (tertiary/aromatic N) is 2. The Balaban J connectivity index is 2.22. The van der Waals surface area contributed by atoms with E-state index >= 15 is 0 Å². The van der Waals surface area contributed by atoms with Crippen molar-refractivity contribution in [3.05, 3.63) is 0 Å². The molecule has 1 heterocycles. The number of hydrogen-bond acceptors (Lipinski definition) is 4. The molecule has 0 aromatic rings. The molecule has 0 radical (unpaired) electrons. The van der Waals surface area contributed by atoms with Crippen LogP contribution in [0.3, 0.4) is 0 Å². The van der Waals surface area contributed by atoms with Gasteiger partial charge in [-0.3, -0.25) is 14.5 Å². The van der Waals surface area contributed by atoms with Gasteiger partial charge in [-0.05, 0) is 5.25 Å². The molecule has 1 aliphatic heterocycles. The number of hydrogen-bond donors (Lipinski definition) is 1. The van der Waals surface area contributed by atoms with Crippen LogP contribution >= 0.6 is 11.8 Å². The lowest BCUT2D eigenvalue weighted by molar-refractivity contribution is -0.138. The number of thioether (sulfide) groups is 1. The van der Waals surface area contributed by atoms with E-state index in [1.807, 2.05) is 4.90 Å². The summed E-state index contributed by atoms with van der Waals surface area (Å²) in [4.78, 5) is 26.3. The van der Waals surface area contributed by atoms with Crippen LogP contribution in [0.25, 0.3) is 0 Å². The predicted octanol–water partition coefficient (Wildman–Crippen LogP) is 0.747. The van der Waals surface area contributed by atoms with E-state index in [0.29, 0.717) is 17.5 Å². The van der Waals surface area contributed by atoms with E-state index < -0.39 is 5.97 Å². The Morgan fingerprint density at radius 3 is 2.33 bits per heavy atom. The van der Waals surface area contributed by atoms with E-state index in [1.54, 1.807) is 11.8 Å². The summed E-state index contributed by atoms with van der Waals surface area (Å²) in [6.45, 7) is 7.76. The minimum absolute atomic E-state index is 0.178. The smallest absolute Gasteiger partial charge is 0.304 e. The molecule has 0 unspecified atom stereocenters. The molecule has 0 aromatic heterocycles. The van der Waals surface area contributed by atoms with Crippen LogP contribution in [0.1, 0.15) is 20.3 Å². The summed E-state index contributed by atoms with van der Waals surface area (Å²) < 4.78 is 0. The number of carboxylic acids is 1. The van der Waals surface area contributed by atoms with Crippen molar-refractivity contribution in [1.82, 2.24) is 9.80 Å². The first-order chi connectivity index (χ1) is 8.49. The third-order valence-corrected chi connectivity index (χ3v) is 3.99. The standard InChI is InChI=1S/C12H22N2O3S/c1-10(2)18-9-11(15)14-7-5-13(6-8-14)4-3-12(16)17/h10H,3-9H2,1-2H3,(H,16,17). The average molecular weight is 274 g/mol. The van der Waals surface area contributed by atoms with Gasteiger partial charge < -0.3 is 10.0 Å². The number of piperazine rings is 1. The summed E-state index contributed by atoms with van der Waals surface area (Å²) in [7, 11) is 0. The van der Waals surface area contributed by atoms with Crippen molar-refractivity contribution in [3.63, 3.8) is 0 Å². The van der Waals surface area contributed by atoms with Gasteiger partial charge in [-0.15, -0.1) is 11.8 Å². The van der Waals surface area contributed by atoms with Gasteiger partial charge in [-0.2, -0.15) is 0 Å². The van der Waals surface area contributed by atoms with Crippen molar-refractivity contribution >= 4 is 23.6 Å². The van der Waals surface area contributed by atoms with E-state index in [9.17, 15) is 9.59 Å². The zero-order valence-corrected chi connectivity index (χ0v) is 11.9. The SMILES string of the molecule is CC(C)SCC(=O)N1CCN(CCC(=O)O)CC1. The number of rotatable bonds is 6. The highest BCUT2D eigenvalue weighted by atomic mass is 32.2. The maximum atomic E-state index is 11.9. The van der Waals surface area contributed by atoms with Crippen molar-refractivity contribution < 1.29 is 14.7 Å². The van der Waals surface area contributed by atoms with Crippen LogP contribution in [-0.2, 0) is 9.59 Å². The number of carboxylic acid groups (broad SMARTS) is 1. The van der Waals surface area contributed by atoms with E-state index in [0.717, 1.165) is 26.2 Å². The largest absolute Gasteiger partial charge is 0.481 e. The predicted molar refractivity (Wildman–Crippen MR) is 72.9 cm³/mol. The van der Waals surface area contributed by atoms with Gasteiger partial charge in [0.1, 0.15) is 0 Å². The first-order valence-corrected chi connectivity index (χ1v) is 7.37. The van der Waals surface area contributed by atoms with Gasteiger partial charge in [-0.1, -0.05) is 13.8 Å². The van der Waals surface area contributed by atoms with Crippen LogP contribution < -0.4 is 0 Å². The van der Waals surface area contributed by atoms with Gasteiger partial charge in [-0.25, -0.2) is 0 Å². The molecular formula is C12H22N2O3S. The molecule has 1 saturated heterocycles.